The van der Waals surface area contributed by atoms with Gasteiger partial charge in [0.2, 0.25) is 0 Å². The Morgan fingerprint density at radius 3 is 2.53 bits per heavy atom. The highest BCUT2D eigenvalue weighted by molar-refractivity contribution is 5.95. The molecule has 3 aliphatic rings. The molecule has 0 radical (unpaired) electrons. The number of hydrogen-bond donors (Lipinski definition) is 0. The number of methoxy groups -OCH3 is 1. The van der Waals surface area contributed by atoms with Crippen molar-refractivity contribution in [2.45, 2.75) is 38.4 Å². The summed E-state index contributed by atoms with van der Waals surface area (Å²) in [7, 11) is 1.58. The third-order valence-electron chi connectivity index (χ3n) is 4.55. The molecule has 1 spiro atoms. The van der Waals surface area contributed by atoms with Crippen molar-refractivity contribution >= 4 is 5.78 Å². The SMILES string of the molecule is COC1=C2CCC3(OCCO3)[C@@]2(C)CCC1=O. The Kier molecular flexibility index (Phi) is 2.35. The fraction of sp³-hybridized carbons (Fsp3) is 0.769. The summed E-state index contributed by atoms with van der Waals surface area (Å²) in [6, 6.07) is 0. The van der Waals surface area contributed by atoms with Gasteiger partial charge < -0.3 is 14.2 Å². The average Bonchev–Trinajstić information content (AvgIpc) is 2.90. The summed E-state index contributed by atoms with van der Waals surface area (Å²) in [5, 5.41) is 0. The summed E-state index contributed by atoms with van der Waals surface area (Å²) >= 11 is 0. The molecule has 2 aliphatic carbocycles. The van der Waals surface area contributed by atoms with Crippen LogP contribution in [0.25, 0.3) is 0 Å². The van der Waals surface area contributed by atoms with Crippen molar-refractivity contribution in [3.05, 3.63) is 11.3 Å². The van der Waals surface area contributed by atoms with Gasteiger partial charge in [0, 0.05) is 18.3 Å². The van der Waals surface area contributed by atoms with Crippen LogP contribution in [-0.2, 0) is 19.0 Å². The van der Waals surface area contributed by atoms with Gasteiger partial charge in [0.05, 0.1) is 20.3 Å². The minimum absolute atomic E-state index is 0.120. The highest BCUT2D eigenvalue weighted by atomic mass is 16.7. The molecule has 3 rings (SSSR count). The Balaban J connectivity index is 2.09. The number of Topliss-reactive ketones (excluding diaryl/α,β-unsaturated/α-hetero) is 1. The van der Waals surface area contributed by atoms with Gasteiger partial charge in [0.1, 0.15) is 0 Å². The second-order valence-corrected chi connectivity index (χ2v) is 5.22. The van der Waals surface area contributed by atoms with Crippen LogP contribution in [-0.4, -0.2) is 31.9 Å². The van der Waals surface area contributed by atoms with Crippen LogP contribution in [0.1, 0.15) is 32.6 Å². The van der Waals surface area contributed by atoms with E-state index in [-0.39, 0.29) is 11.2 Å². The number of carbonyl (C=O) groups excluding carboxylic acids is 1. The van der Waals surface area contributed by atoms with E-state index in [0.717, 1.165) is 24.8 Å². The molecule has 94 valence electrons. The Bertz CT molecular complexity index is 392. The van der Waals surface area contributed by atoms with Gasteiger partial charge in [-0.25, -0.2) is 0 Å². The Labute approximate surface area is 101 Å². The van der Waals surface area contributed by atoms with Gasteiger partial charge in [0.25, 0.3) is 0 Å². The smallest absolute Gasteiger partial charge is 0.197 e. The lowest BCUT2D eigenvalue weighted by Crippen LogP contribution is -2.46. The maximum atomic E-state index is 11.8. The van der Waals surface area contributed by atoms with E-state index in [1.807, 2.05) is 0 Å². The Morgan fingerprint density at radius 1 is 1.18 bits per heavy atom. The third-order valence-corrected chi connectivity index (χ3v) is 4.55. The molecule has 1 aliphatic heterocycles. The van der Waals surface area contributed by atoms with Crippen molar-refractivity contribution in [3.8, 4) is 0 Å². The molecule has 4 nitrogen and oxygen atoms in total. The van der Waals surface area contributed by atoms with Crippen molar-refractivity contribution < 1.29 is 19.0 Å². The summed E-state index contributed by atoms with van der Waals surface area (Å²) in [5.41, 5.74) is 0.904. The topological polar surface area (TPSA) is 44.8 Å². The maximum Gasteiger partial charge on any atom is 0.197 e. The van der Waals surface area contributed by atoms with Gasteiger partial charge in [-0.3, -0.25) is 4.79 Å². The molecule has 1 saturated heterocycles. The molecule has 0 N–H and O–H groups in total. The molecule has 0 aromatic carbocycles. The van der Waals surface area contributed by atoms with E-state index in [1.54, 1.807) is 7.11 Å². The van der Waals surface area contributed by atoms with Crippen molar-refractivity contribution in [2.75, 3.05) is 20.3 Å². The van der Waals surface area contributed by atoms with Crippen LogP contribution in [0.2, 0.25) is 0 Å². The van der Waals surface area contributed by atoms with Crippen LogP contribution in [0.5, 0.6) is 0 Å². The van der Waals surface area contributed by atoms with E-state index in [0.29, 0.717) is 25.4 Å². The zero-order valence-electron chi connectivity index (χ0n) is 10.4. The van der Waals surface area contributed by atoms with Gasteiger partial charge in [-0.15, -0.1) is 0 Å². The van der Waals surface area contributed by atoms with E-state index in [9.17, 15) is 4.79 Å². The van der Waals surface area contributed by atoms with Crippen LogP contribution < -0.4 is 0 Å². The number of ketones is 1. The van der Waals surface area contributed by atoms with Gasteiger partial charge in [-0.1, -0.05) is 6.92 Å². The lowest BCUT2D eigenvalue weighted by atomic mass is 9.71. The molecule has 17 heavy (non-hydrogen) atoms. The standard InChI is InChI=1S/C13H18O4/c1-12-5-4-10(14)11(15-2)9(12)3-6-13(12)16-7-8-17-13/h3-8H2,1-2H3/t12-/m0/s1. The molecular weight excluding hydrogens is 220 g/mol. The molecule has 1 atom stereocenters. The summed E-state index contributed by atoms with van der Waals surface area (Å²) < 4.78 is 17.1. The third kappa shape index (κ3) is 1.28. The molecule has 1 saturated carbocycles. The number of carbonyl (C=O) groups is 1. The number of hydrogen-bond acceptors (Lipinski definition) is 4. The van der Waals surface area contributed by atoms with Gasteiger partial charge in [-0.05, 0) is 18.4 Å². The van der Waals surface area contributed by atoms with E-state index >= 15 is 0 Å². The normalized spacial score (nSPS) is 35.5. The molecule has 0 aromatic heterocycles. The largest absolute Gasteiger partial charge is 0.493 e. The van der Waals surface area contributed by atoms with Crippen LogP contribution in [0.3, 0.4) is 0 Å². The summed E-state index contributed by atoms with van der Waals surface area (Å²) in [4.78, 5) is 11.8. The average molecular weight is 238 g/mol. The number of rotatable bonds is 1. The number of ether oxygens (including phenoxy) is 3. The minimum Gasteiger partial charge on any atom is -0.493 e. The molecule has 0 bridgehead atoms. The quantitative estimate of drug-likeness (QED) is 0.698. The second kappa shape index (κ2) is 3.56. The van der Waals surface area contributed by atoms with Gasteiger partial charge in [-0.2, -0.15) is 0 Å². The molecule has 0 amide bonds. The maximum absolute atomic E-state index is 11.8. The summed E-state index contributed by atoms with van der Waals surface area (Å²) in [5.74, 6) is 0.164. The van der Waals surface area contributed by atoms with Crippen molar-refractivity contribution in [3.63, 3.8) is 0 Å². The molecular formula is C13H18O4. The highest BCUT2D eigenvalue weighted by Crippen LogP contribution is 2.59. The van der Waals surface area contributed by atoms with E-state index in [1.165, 1.54) is 0 Å². The van der Waals surface area contributed by atoms with E-state index in [2.05, 4.69) is 6.92 Å². The first-order valence-electron chi connectivity index (χ1n) is 6.22. The summed E-state index contributed by atoms with van der Waals surface area (Å²) in [6.07, 6.45) is 3.00. The van der Waals surface area contributed by atoms with Gasteiger partial charge in [0.15, 0.2) is 17.3 Å². The minimum atomic E-state index is -0.507. The van der Waals surface area contributed by atoms with Crippen LogP contribution in [0.4, 0.5) is 0 Å². The first kappa shape index (κ1) is 11.2. The predicted octanol–water partition coefficient (Wildman–Crippen LogP) is 1.79. The molecule has 2 fully saturated rings. The monoisotopic (exact) mass is 238 g/mol. The predicted molar refractivity (Wildman–Crippen MR) is 60.3 cm³/mol. The zero-order chi connectivity index (χ0) is 12.1. The second-order valence-electron chi connectivity index (χ2n) is 5.22. The molecule has 0 aromatic rings. The molecule has 1 heterocycles. The van der Waals surface area contributed by atoms with Crippen LogP contribution in [0, 0.1) is 5.41 Å². The fourth-order valence-electron chi connectivity index (χ4n) is 3.58. The molecule has 4 heteroatoms. The number of allylic oxidation sites excluding steroid dienone is 1. The fourth-order valence-corrected chi connectivity index (χ4v) is 3.58. The van der Waals surface area contributed by atoms with Crippen LogP contribution in [0.15, 0.2) is 11.3 Å². The van der Waals surface area contributed by atoms with Crippen LogP contribution >= 0.6 is 0 Å². The van der Waals surface area contributed by atoms with E-state index < -0.39 is 5.79 Å². The first-order chi connectivity index (χ1) is 8.13. The Morgan fingerprint density at radius 2 is 1.88 bits per heavy atom. The van der Waals surface area contributed by atoms with Crippen molar-refractivity contribution in [2.24, 2.45) is 5.41 Å². The van der Waals surface area contributed by atoms with E-state index in [4.69, 9.17) is 14.2 Å². The lowest BCUT2D eigenvalue weighted by Gasteiger charge is -2.41. The number of fused-ring (bicyclic) bond motifs is 2. The Hall–Kier alpha value is -0.870. The van der Waals surface area contributed by atoms with Gasteiger partial charge >= 0.3 is 0 Å². The lowest BCUT2D eigenvalue weighted by molar-refractivity contribution is -0.212. The summed E-state index contributed by atoms with van der Waals surface area (Å²) in [6.45, 7) is 3.45. The highest BCUT2D eigenvalue weighted by Gasteiger charge is 2.61. The van der Waals surface area contributed by atoms with Crippen molar-refractivity contribution in [1.29, 1.82) is 0 Å². The van der Waals surface area contributed by atoms with Crippen molar-refractivity contribution in [1.82, 2.24) is 0 Å². The first-order valence-corrected chi connectivity index (χ1v) is 6.22. The molecule has 0 unspecified atom stereocenters. The zero-order valence-corrected chi connectivity index (χ0v) is 10.4.